The summed E-state index contributed by atoms with van der Waals surface area (Å²) in [5.74, 6) is 0.945. The number of benzene rings is 2. The molecule has 2 amide bonds. The summed E-state index contributed by atoms with van der Waals surface area (Å²) in [6.45, 7) is 5.97. The molecule has 0 radical (unpaired) electrons. The minimum Gasteiger partial charge on any atom is -0.337 e. The van der Waals surface area contributed by atoms with Crippen molar-refractivity contribution in [1.82, 2.24) is 14.8 Å². The number of fused-ring (bicyclic) bond motifs is 1. The van der Waals surface area contributed by atoms with Gasteiger partial charge in [-0.1, -0.05) is 61.7 Å². The molecule has 0 unspecified atom stereocenters. The maximum Gasteiger partial charge on any atom is 0.223 e. The maximum atomic E-state index is 13.7. The summed E-state index contributed by atoms with van der Waals surface area (Å²) < 4.78 is 0. The second kappa shape index (κ2) is 13.0. The molecule has 1 fully saturated rings. The Bertz CT molecular complexity index is 1240. The second-order valence-electron chi connectivity index (χ2n) is 11.0. The van der Waals surface area contributed by atoms with Crippen LogP contribution in [0.1, 0.15) is 56.6 Å². The minimum atomic E-state index is 0.0297. The van der Waals surface area contributed by atoms with Crippen LogP contribution in [0.4, 0.5) is 5.69 Å². The van der Waals surface area contributed by atoms with Crippen molar-refractivity contribution in [2.24, 2.45) is 5.92 Å². The molecule has 3 aromatic rings. The fourth-order valence-corrected chi connectivity index (χ4v) is 5.73. The normalized spacial score (nSPS) is 17.2. The standard InChI is InChI=1S/C33H40N4O2/c1-26(38)37-19-7-18-35(24-28-8-3-2-4-9-28)20-21-36(33(39)16-13-27-10-5-11-27)25-31-22-29(14-15-32(31)37)30-12-6-17-34-23-30/h2-4,6,8-9,12,14-15,17,22-23,27H,5,7,10-11,13,16,18-21,24-25H2,1H3. The van der Waals surface area contributed by atoms with Crippen LogP contribution in [-0.2, 0) is 22.7 Å². The molecule has 0 saturated heterocycles. The van der Waals surface area contributed by atoms with Crippen molar-refractivity contribution in [2.45, 2.75) is 58.5 Å². The Morgan fingerprint density at radius 3 is 2.46 bits per heavy atom. The summed E-state index contributed by atoms with van der Waals surface area (Å²) in [6, 6.07) is 20.8. The molecule has 6 heteroatoms. The van der Waals surface area contributed by atoms with Gasteiger partial charge >= 0.3 is 0 Å². The average molecular weight is 525 g/mol. The van der Waals surface area contributed by atoms with Crippen LogP contribution in [0.2, 0.25) is 0 Å². The molecular weight excluding hydrogens is 484 g/mol. The highest BCUT2D eigenvalue weighted by atomic mass is 16.2. The van der Waals surface area contributed by atoms with E-state index < -0.39 is 0 Å². The second-order valence-corrected chi connectivity index (χ2v) is 11.0. The lowest BCUT2D eigenvalue weighted by molar-refractivity contribution is -0.132. The van der Waals surface area contributed by atoms with E-state index in [-0.39, 0.29) is 11.8 Å². The number of nitrogens with zero attached hydrogens (tertiary/aromatic N) is 4. The van der Waals surface area contributed by atoms with E-state index in [0.29, 0.717) is 32.0 Å². The average Bonchev–Trinajstić information content (AvgIpc) is 2.96. The lowest BCUT2D eigenvalue weighted by atomic mass is 9.82. The van der Waals surface area contributed by atoms with Crippen molar-refractivity contribution in [3.05, 3.63) is 84.2 Å². The number of aromatic nitrogens is 1. The van der Waals surface area contributed by atoms with Crippen LogP contribution in [0.3, 0.4) is 0 Å². The largest absolute Gasteiger partial charge is 0.337 e. The quantitative estimate of drug-likeness (QED) is 0.402. The molecule has 2 heterocycles. The SMILES string of the molecule is CC(=O)N1CCCN(Cc2ccccc2)CCN(C(=O)CCC2CCC2)Cc2cc(-c3cccnc3)ccc21. The number of amides is 2. The topological polar surface area (TPSA) is 56.8 Å². The molecule has 6 nitrogen and oxygen atoms in total. The Hall–Kier alpha value is -3.51. The third-order valence-corrected chi connectivity index (χ3v) is 8.24. The van der Waals surface area contributed by atoms with E-state index in [2.05, 4.69) is 52.3 Å². The number of anilines is 1. The molecule has 1 aromatic heterocycles. The van der Waals surface area contributed by atoms with Gasteiger partial charge < -0.3 is 9.80 Å². The van der Waals surface area contributed by atoms with Gasteiger partial charge in [0.1, 0.15) is 0 Å². The number of carbonyl (C=O) groups excluding carboxylic acids is 2. The number of hydrogen-bond acceptors (Lipinski definition) is 4. The summed E-state index contributed by atoms with van der Waals surface area (Å²) in [5, 5.41) is 0. The van der Waals surface area contributed by atoms with Gasteiger partial charge in [0.25, 0.3) is 0 Å². The van der Waals surface area contributed by atoms with Crippen LogP contribution in [0.25, 0.3) is 11.1 Å². The molecule has 0 spiro atoms. The van der Waals surface area contributed by atoms with Crippen molar-refractivity contribution in [1.29, 1.82) is 0 Å². The Morgan fingerprint density at radius 1 is 0.897 bits per heavy atom. The van der Waals surface area contributed by atoms with Gasteiger partial charge in [0.15, 0.2) is 0 Å². The van der Waals surface area contributed by atoms with E-state index in [1.54, 1.807) is 13.1 Å². The molecule has 1 aliphatic heterocycles. The van der Waals surface area contributed by atoms with Gasteiger partial charge in [-0.25, -0.2) is 0 Å². The highest BCUT2D eigenvalue weighted by Gasteiger charge is 2.25. The van der Waals surface area contributed by atoms with Crippen molar-refractivity contribution in [2.75, 3.05) is 31.1 Å². The Labute approximate surface area is 232 Å². The zero-order valence-electron chi connectivity index (χ0n) is 23.1. The molecule has 0 bridgehead atoms. The molecule has 204 valence electrons. The molecule has 2 aliphatic rings. The van der Waals surface area contributed by atoms with Gasteiger partial charge in [-0.05, 0) is 59.2 Å². The zero-order chi connectivity index (χ0) is 27.0. The predicted octanol–water partition coefficient (Wildman–Crippen LogP) is 5.92. The summed E-state index contributed by atoms with van der Waals surface area (Å²) >= 11 is 0. The molecule has 1 aliphatic carbocycles. The Morgan fingerprint density at radius 2 is 1.74 bits per heavy atom. The summed E-state index contributed by atoms with van der Waals surface area (Å²) in [6.07, 6.45) is 9.87. The van der Waals surface area contributed by atoms with E-state index in [4.69, 9.17) is 0 Å². The predicted molar refractivity (Wildman–Crippen MR) is 156 cm³/mol. The van der Waals surface area contributed by atoms with E-state index in [1.807, 2.05) is 34.2 Å². The van der Waals surface area contributed by atoms with Gasteiger partial charge in [-0.3, -0.25) is 19.5 Å². The summed E-state index contributed by atoms with van der Waals surface area (Å²) in [7, 11) is 0. The smallest absolute Gasteiger partial charge is 0.223 e. The van der Waals surface area contributed by atoms with Gasteiger partial charge in [0, 0.05) is 70.7 Å². The molecule has 0 N–H and O–H groups in total. The van der Waals surface area contributed by atoms with Gasteiger partial charge in [0.05, 0.1) is 0 Å². The first-order valence-electron chi connectivity index (χ1n) is 14.4. The van der Waals surface area contributed by atoms with Crippen LogP contribution in [0.15, 0.2) is 73.1 Å². The molecule has 39 heavy (non-hydrogen) atoms. The Kier molecular flexibility index (Phi) is 9.04. The van der Waals surface area contributed by atoms with Gasteiger partial charge in [0.2, 0.25) is 11.8 Å². The maximum absolute atomic E-state index is 13.7. The van der Waals surface area contributed by atoms with Crippen molar-refractivity contribution < 1.29 is 9.59 Å². The van der Waals surface area contributed by atoms with Gasteiger partial charge in [-0.15, -0.1) is 0 Å². The number of carbonyl (C=O) groups is 2. The van der Waals surface area contributed by atoms with Crippen LogP contribution in [0.5, 0.6) is 0 Å². The van der Waals surface area contributed by atoms with E-state index in [0.717, 1.165) is 54.9 Å². The van der Waals surface area contributed by atoms with Gasteiger partial charge in [-0.2, -0.15) is 0 Å². The summed E-state index contributed by atoms with van der Waals surface area (Å²) in [5.41, 5.74) is 5.26. The van der Waals surface area contributed by atoms with E-state index in [1.165, 1.54) is 24.8 Å². The molecular formula is C33H40N4O2. The molecule has 1 saturated carbocycles. The third kappa shape index (κ3) is 7.12. The number of pyridine rings is 1. The minimum absolute atomic E-state index is 0.0297. The lowest BCUT2D eigenvalue weighted by Crippen LogP contribution is -2.38. The third-order valence-electron chi connectivity index (χ3n) is 8.24. The van der Waals surface area contributed by atoms with Crippen molar-refractivity contribution >= 4 is 17.5 Å². The van der Waals surface area contributed by atoms with Crippen LogP contribution < -0.4 is 4.90 Å². The van der Waals surface area contributed by atoms with Crippen LogP contribution in [0, 0.1) is 5.92 Å². The monoisotopic (exact) mass is 524 g/mol. The van der Waals surface area contributed by atoms with Crippen LogP contribution in [-0.4, -0.2) is 52.8 Å². The van der Waals surface area contributed by atoms with Crippen LogP contribution >= 0.6 is 0 Å². The zero-order valence-corrected chi connectivity index (χ0v) is 23.1. The first-order chi connectivity index (χ1) is 19.1. The fraction of sp³-hybridized carbons (Fsp3) is 0.424. The highest BCUT2D eigenvalue weighted by molar-refractivity contribution is 5.93. The van der Waals surface area contributed by atoms with Crippen molar-refractivity contribution in [3.63, 3.8) is 0 Å². The first kappa shape index (κ1) is 27.1. The molecule has 0 atom stereocenters. The first-order valence-corrected chi connectivity index (χ1v) is 14.4. The highest BCUT2D eigenvalue weighted by Crippen LogP contribution is 2.32. The van der Waals surface area contributed by atoms with E-state index in [9.17, 15) is 9.59 Å². The summed E-state index contributed by atoms with van der Waals surface area (Å²) in [4.78, 5) is 37.2. The number of rotatable bonds is 6. The molecule has 2 aromatic carbocycles. The fourth-order valence-electron chi connectivity index (χ4n) is 5.73. The Balaban J connectivity index is 1.45. The van der Waals surface area contributed by atoms with E-state index >= 15 is 0 Å². The number of hydrogen-bond donors (Lipinski definition) is 0. The molecule has 5 rings (SSSR count). The lowest BCUT2D eigenvalue weighted by Gasteiger charge is -2.30. The van der Waals surface area contributed by atoms with Crippen molar-refractivity contribution in [3.8, 4) is 11.1 Å².